The van der Waals surface area contributed by atoms with Gasteiger partial charge >= 0.3 is 5.97 Å². The van der Waals surface area contributed by atoms with E-state index < -0.39 is 30.4 Å². The number of rotatable bonds is 8. The van der Waals surface area contributed by atoms with Gasteiger partial charge in [0.25, 0.3) is 17.7 Å². The molecule has 0 bridgehead atoms. The van der Waals surface area contributed by atoms with Crippen molar-refractivity contribution in [3.63, 3.8) is 0 Å². The highest BCUT2D eigenvalue weighted by atomic mass is 19.1. The summed E-state index contributed by atoms with van der Waals surface area (Å²) in [6, 6.07) is 9.44. The number of imide groups is 1. The summed E-state index contributed by atoms with van der Waals surface area (Å²) in [7, 11) is 0. The van der Waals surface area contributed by atoms with Gasteiger partial charge in [-0.25, -0.2) is 9.18 Å². The third-order valence-electron chi connectivity index (χ3n) is 5.02. The second-order valence-corrected chi connectivity index (χ2v) is 7.29. The number of ether oxygens (including phenoxy) is 1. The zero-order valence-corrected chi connectivity index (χ0v) is 17.3. The monoisotopic (exact) mass is 426 g/mol. The molecule has 8 heteroatoms. The Bertz CT molecular complexity index is 1020. The van der Waals surface area contributed by atoms with Crippen LogP contribution in [0.15, 0.2) is 42.5 Å². The van der Waals surface area contributed by atoms with E-state index in [1.54, 1.807) is 19.1 Å². The number of hydrogen-bond donors (Lipinski definition) is 1. The fraction of sp³-hybridized carbons (Fsp3) is 0.304. The number of esters is 1. The van der Waals surface area contributed by atoms with Gasteiger partial charge in [-0.1, -0.05) is 25.5 Å². The maximum atomic E-state index is 13.0. The first-order chi connectivity index (χ1) is 14.8. The van der Waals surface area contributed by atoms with Crippen molar-refractivity contribution >= 4 is 23.7 Å². The lowest BCUT2D eigenvalue weighted by Gasteiger charge is -2.14. The lowest BCUT2D eigenvalue weighted by atomic mass is 10.1. The number of nitrogens with one attached hydrogen (secondary N) is 1. The van der Waals surface area contributed by atoms with E-state index in [2.05, 4.69) is 5.32 Å². The summed E-state index contributed by atoms with van der Waals surface area (Å²) in [6.07, 6.45) is 1.54. The van der Waals surface area contributed by atoms with E-state index in [-0.39, 0.29) is 28.4 Å². The number of fused-ring (bicyclic) bond motifs is 1. The number of benzene rings is 2. The van der Waals surface area contributed by atoms with Crippen LogP contribution in [0.2, 0.25) is 0 Å². The molecule has 2 aromatic carbocycles. The third kappa shape index (κ3) is 4.96. The molecule has 0 aromatic heterocycles. The van der Waals surface area contributed by atoms with Crippen molar-refractivity contribution in [3.05, 3.63) is 70.5 Å². The van der Waals surface area contributed by atoms with Gasteiger partial charge in [-0.3, -0.25) is 19.3 Å². The molecule has 31 heavy (non-hydrogen) atoms. The maximum absolute atomic E-state index is 13.0. The lowest BCUT2D eigenvalue weighted by molar-refractivity contribution is -0.124. The summed E-state index contributed by atoms with van der Waals surface area (Å²) in [5.74, 6) is -2.49. The van der Waals surface area contributed by atoms with Crippen molar-refractivity contribution in [2.45, 2.75) is 32.7 Å². The van der Waals surface area contributed by atoms with E-state index in [1.165, 1.54) is 35.2 Å². The van der Waals surface area contributed by atoms with Crippen LogP contribution in [0.1, 0.15) is 69.4 Å². The Kier molecular flexibility index (Phi) is 6.79. The molecule has 162 valence electrons. The molecule has 3 rings (SSSR count). The Morgan fingerprint density at radius 1 is 1.06 bits per heavy atom. The second kappa shape index (κ2) is 9.51. The molecule has 1 heterocycles. The molecule has 3 amide bonds. The molecule has 7 nitrogen and oxygen atoms in total. The number of carbonyl (C=O) groups is 4. The van der Waals surface area contributed by atoms with E-state index in [9.17, 15) is 23.6 Å². The molecule has 0 unspecified atom stereocenters. The Morgan fingerprint density at radius 2 is 1.74 bits per heavy atom. The Labute approximate surface area is 179 Å². The van der Waals surface area contributed by atoms with E-state index in [0.29, 0.717) is 18.5 Å². The van der Waals surface area contributed by atoms with Crippen LogP contribution < -0.4 is 5.32 Å². The number of hydrogen-bond acceptors (Lipinski definition) is 5. The van der Waals surface area contributed by atoms with Crippen molar-refractivity contribution in [2.75, 3.05) is 13.2 Å². The second-order valence-electron chi connectivity index (χ2n) is 7.29. The van der Waals surface area contributed by atoms with Crippen LogP contribution in [0.4, 0.5) is 4.39 Å². The quantitative estimate of drug-likeness (QED) is 0.517. The molecule has 0 radical (unpaired) electrons. The lowest BCUT2D eigenvalue weighted by Crippen LogP contribution is -2.31. The first-order valence-corrected chi connectivity index (χ1v) is 10.0. The minimum atomic E-state index is -0.778. The highest BCUT2D eigenvalue weighted by Crippen LogP contribution is 2.24. The van der Waals surface area contributed by atoms with Gasteiger partial charge in [0, 0.05) is 6.54 Å². The molecular formula is C23H23FN2O5. The number of nitrogens with zero attached hydrogens (tertiary/aromatic N) is 1. The summed E-state index contributed by atoms with van der Waals surface area (Å²) >= 11 is 0. The summed E-state index contributed by atoms with van der Waals surface area (Å²) in [4.78, 5) is 50.5. The maximum Gasteiger partial charge on any atom is 0.338 e. The SMILES string of the molecule is CCCCN1C(=O)c2ccc(C(=O)OCC(=O)N[C@@H](C)c3ccc(F)cc3)cc2C1=O. The third-order valence-corrected chi connectivity index (χ3v) is 5.02. The van der Waals surface area contributed by atoms with Gasteiger partial charge in [0.15, 0.2) is 6.61 Å². The smallest absolute Gasteiger partial charge is 0.338 e. The molecule has 0 fully saturated rings. The van der Waals surface area contributed by atoms with E-state index in [0.717, 1.165) is 6.42 Å². The van der Waals surface area contributed by atoms with E-state index >= 15 is 0 Å². The summed E-state index contributed by atoms with van der Waals surface area (Å²) < 4.78 is 18.0. The van der Waals surface area contributed by atoms with Gasteiger partial charge in [-0.15, -0.1) is 0 Å². The molecule has 1 aliphatic heterocycles. The molecule has 1 aliphatic rings. The van der Waals surface area contributed by atoms with Gasteiger partial charge in [0.1, 0.15) is 5.82 Å². The zero-order chi connectivity index (χ0) is 22.5. The molecule has 0 saturated carbocycles. The molecule has 0 spiro atoms. The van der Waals surface area contributed by atoms with Gasteiger partial charge in [-0.2, -0.15) is 0 Å². The van der Waals surface area contributed by atoms with Crippen LogP contribution in [0, 0.1) is 5.82 Å². The number of carbonyl (C=O) groups excluding carboxylic acids is 4. The van der Waals surface area contributed by atoms with Crippen LogP contribution in [-0.4, -0.2) is 41.7 Å². The van der Waals surface area contributed by atoms with Gasteiger partial charge < -0.3 is 10.1 Å². The molecule has 0 saturated heterocycles. The Hall–Kier alpha value is -3.55. The standard InChI is InChI=1S/C23H23FN2O5/c1-3-4-11-26-21(28)18-10-7-16(12-19(18)22(26)29)23(30)31-13-20(27)25-14(2)15-5-8-17(24)9-6-15/h5-10,12,14H,3-4,11,13H2,1-2H3,(H,25,27)/t14-/m0/s1. The first kappa shape index (κ1) is 22.1. The highest BCUT2D eigenvalue weighted by Gasteiger charge is 2.35. The highest BCUT2D eigenvalue weighted by molar-refractivity contribution is 6.21. The minimum absolute atomic E-state index is 0.0802. The Morgan fingerprint density at radius 3 is 2.42 bits per heavy atom. The van der Waals surface area contributed by atoms with E-state index in [4.69, 9.17) is 4.74 Å². The molecule has 0 aliphatic carbocycles. The normalized spacial score (nSPS) is 13.7. The largest absolute Gasteiger partial charge is 0.452 e. The van der Waals surface area contributed by atoms with Crippen LogP contribution in [0.3, 0.4) is 0 Å². The molecule has 1 atom stereocenters. The van der Waals surface area contributed by atoms with Gasteiger partial charge in [0.2, 0.25) is 0 Å². The van der Waals surface area contributed by atoms with Crippen molar-refractivity contribution in [2.24, 2.45) is 0 Å². The van der Waals surface area contributed by atoms with Crippen molar-refractivity contribution in [3.8, 4) is 0 Å². The van der Waals surface area contributed by atoms with Crippen molar-refractivity contribution in [1.29, 1.82) is 0 Å². The number of amides is 3. The fourth-order valence-electron chi connectivity index (χ4n) is 3.27. The van der Waals surface area contributed by atoms with Crippen molar-refractivity contribution < 1.29 is 28.3 Å². The van der Waals surface area contributed by atoms with E-state index in [1.807, 2.05) is 6.92 Å². The van der Waals surface area contributed by atoms with Crippen LogP contribution in [-0.2, 0) is 9.53 Å². The zero-order valence-electron chi connectivity index (χ0n) is 17.3. The van der Waals surface area contributed by atoms with Crippen LogP contribution >= 0.6 is 0 Å². The topological polar surface area (TPSA) is 92.8 Å². The van der Waals surface area contributed by atoms with Crippen molar-refractivity contribution in [1.82, 2.24) is 10.2 Å². The fourth-order valence-corrected chi connectivity index (χ4v) is 3.27. The average Bonchev–Trinajstić information content (AvgIpc) is 3.00. The van der Waals surface area contributed by atoms with Crippen LogP contribution in [0.5, 0.6) is 0 Å². The first-order valence-electron chi connectivity index (χ1n) is 10.0. The summed E-state index contributed by atoms with van der Waals surface area (Å²) in [5, 5.41) is 2.66. The predicted molar refractivity (Wildman–Crippen MR) is 110 cm³/mol. The van der Waals surface area contributed by atoms with Gasteiger partial charge in [-0.05, 0) is 49.2 Å². The average molecular weight is 426 g/mol. The summed E-state index contributed by atoms with van der Waals surface area (Å²) in [6.45, 7) is 3.50. The van der Waals surface area contributed by atoms with Gasteiger partial charge in [0.05, 0.1) is 22.7 Å². The number of halogens is 1. The predicted octanol–water partition coefficient (Wildman–Crippen LogP) is 3.26. The number of unbranched alkanes of at least 4 members (excludes halogenated alkanes) is 1. The molecular weight excluding hydrogens is 403 g/mol. The summed E-state index contributed by atoms with van der Waals surface area (Å²) in [5.41, 5.74) is 1.19. The van der Waals surface area contributed by atoms with Crippen LogP contribution in [0.25, 0.3) is 0 Å². The Balaban J connectivity index is 1.59. The minimum Gasteiger partial charge on any atom is -0.452 e. The molecule has 1 N–H and O–H groups in total. The molecule has 2 aromatic rings.